The van der Waals surface area contributed by atoms with Gasteiger partial charge in [0, 0.05) is 12.6 Å². The zero-order valence-corrected chi connectivity index (χ0v) is 8.65. The van der Waals surface area contributed by atoms with Crippen LogP contribution in [0.4, 0.5) is 0 Å². The Kier molecular flexibility index (Phi) is 3.42. The molecule has 14 heavy (non-hydrogen) atoms. The molecule has 0 aromatic carbocycles. The van der Waals surface area contributed by atoms with E-state index in [0.717, 1.165) is 45.1 Å². The maximum Gasteiger partial charge on any atom is 0.0693 e. The molecule has 0 heterocycles. The first-order chi connectivity index (χ1) is 6.77. The summed E-state index contributed by atoms with van der Waals surface area (Å²) in [5.74, 6) is 0.419. The molecular formula is C11H21NO2. The third kappa shape index (κ3) is 2.27. The average molecular weight is 199 g/mol. The highest BCUT2D eigenvalue weighted by Gasteiger charge is 2.29. The molecule has 0 aliphatic heterocycles. The summed E-state index contributed by atoms with van der Waals surface area (Å²) in [5, 5.41) is 22.6. The minimum absolute atomic E-state index is 0.110. The van der Waals surface area contributed by atoms with Crippen LogP contribution in [0.3, 0.4) is 0 Å². The van der Waals surface area contributed by atoms with Crippen molar-refractivity contribution in [2.75, 3.05) is 6.54 Å². The van der Waals surface area contributed by atoms with Crippen molar-refractivity contribution in [3.63, 3.8) is 0 Å². The van der Waals surface area contributed by atoms with Crippen LogP contribution in [0.1, 0.15) is 38.5 Å². The van der Waals surface area contributed by atoms with Crippen LogP contribution < -0.4 is 5.32 Å². The Labute approximate surface area is 85.5 Å². The van der Waals surface area contributed by atoms with E-state index in [-0.39, 0.29) is 18.2 Å². The predicted molar refractivity (Wildman–Crippen MR) is 55.0 cm³/mol. The van der Waals surface area contributed by atoms with Gasteiger partial charge in [0.05, 0.1) is 12.2 Å². The Morgan fingerprint density at radius 2 is 1.64 bits per heavy atom. The van der Waals surface area contributed by atoms with Crippen molar-refractivity contribution in [2.45, 2.75) is 56.8 Å². The third-order valence-electron chi connectivity index (χ3n) is 3.74. The smallest absolute Gasteiger partial charge is 0.0693 e. The Morgan fingerprint density at radius 1 is 0.929 bits per heavy atom. The number of hydrogen-bond acceptors (Lipinski definition) is 3. The molecule has 2 aliphatic rings. The van der Waals surface area contributed by atoms with Crippen LogP contribution >= 0.6 is 0 Å². The minimum atomic E-state index is -0.159. The highest BCUT2D eigenvalue weighted by atomic mass is 16.3. The van der Waals surface area contributed by atoms with Crippen molar-refractivity contribution in [1.82, 2.24) is 5.32 Å². The van der Waals surface area contributed by atoms with Crippen LogP contribution in [0.15, 0.2) is 0 Å². The molecule has 2 saturated carbocycles. The number of hydrogen-bond donors (Lipinski definition) is 3. The fraction of sp³-hybridized carbons (Fsp3) is 1.00. The molecule has 0 spiro atoms. The summed E-state index contributed by atoms with van der Waals surface area (Å²) in [6.45, 7) is 0.878. The van der Waals surface area contributed by atoms with Gasteiger partial charge >= 0.3 is 0 Å². The highest BCUT2D eigenvalue weighted by molar-refractivity contribution is 4.85. The van der Waals surface area contributed by atoms with E-state index in [0.29, 0.717) is 5.92 Å². The number of rotatable bonds is 3. The lowest BCUT2D eigenvalue weighted by Gasteiger charge is -2.21. The third-order valence-corrected chi connectivity index (χ3v) is 3.74. The zero-order chi connectivity index (χ0) is 9.97. The molecule has 3 N–H and O–H groups in total. The molecule has 0 aromatic rings. The van der Waals surface area contributed by atoms with E-state index < -0.39 is 0 Å². The maximum absolute atomic E-state index is 9.63. The first-order valence-electron chi connectivity index (χ1n) is 5.87. The van der Waals surface area contributed by atoms with Crippen molar-refractivity contribution in [3.05, 3.63) is 0 Å². The topological polar surface area (TPSA) is 52.5 Å². The van der Waals surface area contributed by atoms with Gasteiger partial charge in [-0.3, -0.25) is 0 Å². The zero-order valence-electron chi connectivity index (χ0n) is 8.65. The SMILES string of the molecule is OC1CCCC1CNC1CCCC1O. The van der Waals surface area contributed by atoms with Gasteiger partial charge in [0.25, 0.3) is 0 Å². The lowest BCUT2D eigenvalue weighted by Crippen LogP contribution is -2.40. The van der Waals surface area contributed by atoms with Gasteiger partial charge in [-0.15, -0.1) is 0 Å². The Morgan fingerprint density at radius 3 is 2.21 bits per heavy atom. The molecule has 4 atom stereocenters. The monoisotopic (exact) mass is 199 g/mol. The first kappa shape index (κ1) is 10.4. The standard InChI is InChI=1S/C11H21NO2/c13-10-5-1-3-8(10)7-12-9-4-2-6-11(9)14/h8-14H,1-7H2. The Balaban J connectivity index is 1.71. The second kappa shape index (κ2) is 4.60. The number of aliphatic hydroxyl groups excluding tert-OH is 2. The Bertz CT molecular complexity index is 166. The number of nitrogens with one attached hydrogen (secondary N) is 1. The van der Waals surface area contributed by atoms with E-state index in [2.05, 4.69) is 5.32 Å². The predicted octanol–water partition coefficient (Wildman–Crippen LogP) is 0.650. The van der Waals surface area contributed by atoms with E-state index in [1.54, 1.807) is 0 Å². The maximum atomic E-state index is 9.63. The lowest BCUT2D eigenvalue weighted by atomic mass is 10.1. The first-order valence-corrected chi connectivity index (χ1v) is 5.87. The van der Waals surface area contributed by atoms with Crippen LogP contribution in [0.5, 0.6) is 0 Å². The van der Waals surface area contributed by atoms with Gasteiger partial charge in [0.1, 0.15) is 0 Å². The molecule has 3 nitrogen and oxygen atoms in total. The second-order valence-electron chi connectivity index (χ2n) is 4.77. The lowest BCUT2D eigenvalue weighted by molar-refractivity contribution is 0.115. The summed E-state index contributed by atoms with van der Waals surface area (Å²) in [5.41, 5.74) is 0. The van der Waals surface area contributed by atoms with Gasteiger partial charge in [-0.2, -0.15) is 0 Å². The van der Waals surface area contributed by atoms with Gasteiger partial charge in [0.2, 0.25) is 0 Å². The Hall–Kier alpha value is -0.120. The van der Waals surface area contributed by atoms with Crippen molar-refractivity contribution >= 4 is 0 Å². The van der Waals surface area contributed by atoms with Crippen molar-refractivity contribution in [1.29, 1.82) is 0 Å². The average Bonchev–Trinajstić information content (AvgIpc) is 2.72. The molecule has 0 aromatic heterocycles. The normalized spacial score (nSPS) is 43.3. The molecule has 2 rings (SSSR count). The fourth-order valence-corrected chi connectivity index (χ4v) is 2.74. The van der Waals surface area contributed by atoms with Crippen molar-refractivity contribution in [2.24, 2.45) is 5.92 Å². The van der Waals surface area contributed by atoms with Gasteiger partial charge < -0.3 is 15.5 Å². The largest absolute Gasteiger partial charge is 0.393 e. The summed E-state index contributed by atoms with van der Waals surface area (Å²) in [4.78, 5) is 0. The quantitative estimate of drug-likeness (QED) is 0.625. The van der Waals surface area contributed by atoms with Gasteiger partial charge in [-0.1, -0.05) is 6.42 Å². The molecule has 0 radical (unpaired) electrons. The minimum Gasteiger partial charge on any atom is -0.393 e. The van der Waals surface area contributed by atoms with Crippen LogP contribution in [0, 0.1) is 5.92 Å². The van der Waals surface area contributed by atoms with Crippen molar-refractivity contribution < 1.29 is 10.2 Å². The van der Waals surface area contributed by atoms with E-state index in [1.165, 1.54) is 0 Å². The van der Waals surface area contributed by atoms with Gasteiger partial charge in [-0.05, 0) is 38.0 Å². The molecule has 82 valence electrons. The molecule has 2 fully saturated rings. The van der Waals surface area contributed by atoms with E-state index in [1.807, 2.05) is 0 Å². The summed E-state index contributed by atoms with van der Waals surface area (Å²) in [7, 11) is 0. The summed E-state index contributed by atoms with van der Waals surface area (Å²) >= 11 is 0. The molecule has 0 saturated heterocycles. The van der Waals surface area contributed by atoms with E-state index >= 15 is 0 Å². The van der Waals surface area contributed by atoms with Gasteiger partial charge in [0.15, 0.2) is 0 Å². The summed E-state index contributed by atoms with van der Waals surface area (Å²) in [6.07, 6.45) is 6.13. The van der Waals surface area contributed by atoms with Crippen LogP contribution in [-0.2, 0) is 0 Å². The molecule has 0 bridgehead atoms. The molecule has 2 aliphatic carbocycles. The summed E-state index contributed by atoms with van der Waals surface area (Å²) < 4.78 is 0. The van der Waals surface area contributed by atoms with Crippen molar-refractivity contribution in [3.8, 4) is 0 Å². The molecule has 4 unspecified atom stereocenters. The summed E-state index contributed by atoms with van der Waals surface area (Å²) in [6, 6.07) is 0.280. The van der Waals surface area contributed by atoms with E-state index in [9.17, 15) is 10.2 Å². The fourth-order valence-electron chi connectivity index (χ4n) is 2.74. The van der Waals surface area contributed by atoms with Gasteiger partial charge in [-0.25, -0.2) is 0 Å². The van der Waals surface area contributed by atoms with E-state index in [4.69, 9.17) is 0 Å². The second-order valence-corrected chi connectivity index (χ2v) is 4.77. The molecule has 0 amide bonds. The number of aliphatic hydroxyl groups is 2. The highest BCUT2D eigenvalue weighted by Crippen LogP contribution is 2.26. The van der Waals surface area contributed by atoms with Crippen LogP contribution in [0.25, 0.3) is 0 Å². The van der Waals surface area contributed by atoms with Crippen LogP contribution in [0.2, 0.25) is 0 Å². The molecular weight excluding hydrogens is 178 g/mol. The molecule has 3 heteroatoms. The van der Waals surface area contributed by atoms with Crippen LogP contribution in [-0.4, -0.2) is 35.0 Å².